The molecule has 0 fully saturated rings. The van der Waals surface area contributed by atoms with Gasteiger partial charge in [0, 0.05) is 5.69 Å². The van der Waals surface area contributed by atoms with Gasteiger partial charge in [0.2, 0.25) is 5.91 Å². The van der Waals surface area contributed by atoms with E-state index in [1.165, 1.54) is 11.1 Å². The number of nitriles is 1. The van der Waals surface area contributed by atoms with Crippen LogP contribution >= 0.6 is 0 Å². The van der Waals surface area contributed by atoms with E-state index in [2.05, 4.69) is 12.2 Å². The molecule has 0 heterocycles. The average Bonchev–Trinajstić information content (AvgIpc) is 2.45. The first-order chi connectivity index (χ1) is 10.1. The van der Waals surface area contributed by atoms with E-state index in [-0.39, 0.29) is 12.3 Å². The highest BCUT2D eigenvalue weighted by molar-refractivity contribution is 5.92. The predicted octanol–water partition coefficient (Wildman–Crippen LogP) is 3.95. The van der Waals surface area contributed by atoms with Crippen LogP contribution in [0.1, 0.15) is 17.5 Å². The standard InChI is InChI=1S/C17H16N2O2/c1-12-3-6-16(11-13(12)2)21-15-7-4-14(5-8-15)19-17(20)9-10-18/h3-8,11H,9H2,1-2H3,(H,19,20). The minimum Gasteiger partial charge on any atom is -0.457 e. The monoisotopic (exact) mass is 280 g/mol. The quantitative estimate of drug-likeness (QED) is 0.922. The normalized spacial score (nSPS) is 9.76. The number of carbonyl (C=O) groups is 1. The van der Waals surface area contributed by atoms with Crippen LogP contribution in [0.3, 0.4) is 0 Å². The van der Waals surface area contributed by atoms with Crippen molar-refractivity contribution in [2.24, 2.45) is 0 Å². The van der Waals surface area contributed by atoms with Gasteiger partial charge in [0.25, 0.3) is 0 Å². The second-order valence-electron chi connectivity index (χ2n) is 4.76. The lowest BCUT2D eigenvalue weighted by Gasteiger charge is -2.09. The van der Waals surface area contributed by atoms with Crippen LogP contribution < -0.4 is 10.1 Å². The Morgan fingerprint density at radius 2 is 1.76 bits per heavy atom. The molecule has 21 heavy (non-hydrogen) atoms. The number of anilines is 1. The summed E-state index contributed by atoms with van der Waals surface area (Å²) < 4.78 is 5.76. The highest BCUT2D eigenvalue weighted by atomic mass is 16.5. The van der Waals surface area contributed by atoms with Gasteiger partial charge in [-0.2, -0.15) is 5.26 Å². The summed E-state index contributed by atoms with van der Waals surface area (Å²) in [6.07, 6.45) is -0.152. The summed E-state index contributed by atoms with van der Waals surface area (Å²) in [5.74, 6) is 1.15. The van der Waals surface area contributed by atoms with E-state index in [0.717, 1.165) is 5.75 Å². The molecule has 4 heteroatoms. The maximum absolute atomic E-state index is 11.3. The third-order valence-electron chi connectivity index (χ3n) is 3.09. The number of nitrogens with one attached hydrogen (secondary N) is 1. The molecule has 2 rings (SSSR count). The summed E-state index contributed by atoms with van der Waals surface area (Å²) >= 11 is 0. The Hall–Kier alpha value is -2.80. The van der Waals surface area contributed by atoms with Gasteiger partial charge >= 0.3 is 0 Å². The van der Waals surface area contributed by atoms with Crippen molar-refractivity contribution in [2.45, 2.75) is 20.3 Å². The third kappa shape index (κ3) is 4.08. The summed E-state index contributed by atoms with van der Waals surface area (Å²) in [6, 6.07) is 14.8. The molecule has 2 aromatic carbocycles. The van der Waals surface area contributed by atoms with Crippen LogP contribution in [0.2, 0.25) is 0 Å². The summed E-state index contributed by atoms with van der Waals surface area (Å²) in [4.78, 5) is 11.3. The molecule has 0 aromatic heterocycles. The first kappa shape index (κ1) is 14.6. The summed E-state index contributed by atoms with van der Waals surface area (Å²) in [6.45, 7) is 4.09. The molecule has 0 saturated heterocycles. The van der Waals surface area contributed by atoms with Gasteiger partial charge in [0.15, 0.2) is 0 Å². The van der Waals surface area contributed by atoms with Crippen LogP contribution in [0.4, 0.5) is 5.69 Å². The van der Waals surface area contributed by atoms with Crippen LogP contribution in [0.5, 0.6) is 11.5 Å². The lowest BCUT2D eigenvalue weighted by molar-refractivity contribution is -0.115. The minimum absolute atomic E-state index is 0.152. The first-order valence-electron chi connectivity index (χ1n) is 6.60. The van der Waals surface area contributed by atoms with E-state index in [1.54, 1.807) is 30.3 Å². The van der Waals surface area contributed by atoms with Crippen molar-refractivity contribution < 1.29 is 9.53 Å². The Balaban J connectivity index is 2.03. The molecule has 1 amide bonds. The molecular formula is C17H16N2O2. The van der Waals surface area contributed by atoms with Crippen molar-refractivity contribution in [3.8, 4) is 17.6 Å². The van der Waals surface area contributed by atoms with Crippen LogP contribution in [-0.4, -0.2) is 5.91 Å². The number of benzene rings is 2. The Bertz CT molecular complexity index is 685. The molecule has 0 spiro atoms. The van der Waals surface area contributed by atoms with Crippen LogP contribution in [0.25, 0.3) is 0 Å². The zero-order valence-corrected chi connectivity index (χ0v) is 12.0. The molecule has 1 N–H and O–H groups in total. The Labute approximate surface area is 124 Å². The van der Waals surface area contributed by atoms with E-state index in [4.69, 9.17) is 10.00 Å². The smallest absolute Gasteiger partial charge is 0.238 e. The number of amides is 1. The Kier molecular flexibility index (Phi) is 4.57. The first-order valence-corrected chi connectivity index (χ1v) is 6.60. The van der Waals surface area contributed by atoms with E-state index in [1.807, 2.05) is 25.1 Å². The zero-order valence-electron chi connectivity index (χ0n) is 12.0. The van der Waals surface area contributed by atoms with Gasteiger partial charge in [-0.1, -0.05) is 6.07 Å². The summed E-state index contributed by atoms with van der Waals surface area (Å²) in [5, 5.41) is 11.1. The number of nitrogens with zero attached hydrogens (tertiary/aromatic N) is 1. The molecule has 0 aliphatic carbocycles. The molecule has 4 nitrogen and oxygen atoms in total. The molecule has 0 bridgehead atoms. The van der Waals surface area contributed by atoms with Crippen molar-refractivity contribution in [1.82, 2.24) is 0 Å². The number of carbonyl (C=O) groups excluding carboxylic acids is 1. The number of aryl methyl sites for hydroxylation is 2. The van der Waals surface area contributed by atoms with Gasteiger partial charge < -0.3 is 10.1 Å². The minimum atomic E-state index is -0.319. The molecule has 0 aliphatic heterocycles. The molecule has 0 radical (unpaired) electrons. The van der Waals surface area contributed by atoms with Crippen molar-refractivity contribution >= 4 is 11.6 Å². The Morgan fingerprint density at radius 3 is 2.38 bits per heavy atom. The molecule has 2 aromatic rings. The van der Waals surface area contributed by atoms with Crippen LogP contribution in [-0.2, 0) is 4.79 Å². The number of rotatable bonds is 4. The summed E-state index contributed by atoms with van der Waals surface area (Å²) in [7, 11) is 0. The second kappa shape index (κ2) is 6.58. The fourth-order valence-electron chi connectivity index (χ4n) is 1.80. The third-order valence-corrected chi connectivity index (χ3v) is 3.09. The fraction of sp³-hybridized carbons (Fsp3) is 0.176. The topological polar surface area (TPSA) is 62.1 Å². The number of hydrogen-bond acceptors (Lipinski definition) is 3. The maximum Gasteiger partial charge on any atom is 0.238 e. The SMILES string of the molecule is Cc1ccc(Oc2ccc(NC(=O)CC#N)cc2)cc1C. The lowest BCUT2D eigenvalue weighted by atomic mass is 10.1. The molecule has 106 valence electrons. The van der Waals surface area contributed by atoms with Gasteiger partial charge in [-0.3, -0.25) is 4.79 Å². The second-order valence-corrected chi connectivity index (χ2v) is 4.76. The molecule has 0 aliphatic rings. The van der Waals surface area contributed by atoms with Crippen molar-refractivity contribution in [1.29, 1.82) is 5.26 Å². The van der Waals surface area contributed by atoms with Crippen LogP contribution in [0.15, 0.2) is 42.5 Å². The Morgan fingerprint density at radius 1 is 1.10 bits per heavy atom. The summed E-state index contributed by atoms with van der Waals surface area (Å²) in [5.41, 5.74) is 3.04. The highest BCUT2D eigenvalue weighted by Gasteiger charge is 2.03. The van der Waals surface area contributed by atoms with E-state index in [0.29, 0.717) is 11.4 Å². The van der Waals surface area contributed by atoms with E-state index in [9.17, 15) is 4.79 Å². The molecule has 0 saturated carbocycles. The number of ether oxygens (including phenoxy) is 1. The van der Waals surface area contributed by atoms with Gasteiger partial charge in [-0.05, 0) is 61.4 Å². The molecular weight excluding hydrogens is 264 g/mol. The van der Waals surface area contributed by atoms with Crippen molar-refractivity contribution in [3.63, 3.8) is 0 Å². The van der Waals surface area contributed by atoms with Gasteiger partial charge in [-0.15, -0.1) is 0 Å². The van der Waals surface area contributed by atoms with Gasteiger partial charge in [0.1, 0.15) is 17.9 Å². The predicted molar refractivity (Wildman–Crippen MR) is 81.3 cm³/mol. The highest BCUT2D eigenvalue weighted by Crippen LogP contribution is 2.24. The maximum atomic E-state index is 11.3. The molecule has 0 atom stereocenters. The zero-order chi connectivity index (χ0) is 15.2. The van der Waals surface area contributed by atoms with E-state index < -0.39 is 0 Å². The van der Waals surface area contributed by atoms with Crippen molar-refractivity contribution in [2.75, 3.05) is 5.32 Å². The van der Waals surface area contributed by atoms with E-state index >= 15 is 0 Å². The van der Waals surface area contributed by atoms with Crippen LogP contribution in [0, 0.1) is 25.2 Å². The van der Waals surface area contributed by atoms with Gasteiger partial charge in [0.05, 0.1) is 6.07 Å². The fourth-order valence-corrected chi connectivity index (χ4v) is 1.80. The average molecular weight is 280 g/mol. The number of hydrogen-bond donors (Lipinski definition) is 1. The largest absolute Gasteiger partial charge is 0.457 e. The van der Waals surface area contributed by atoms with Crippen molar-refractivity contribution in [3.05, 3.63) is 53.6 Å². The van der Waals surface area contributed by atoms with Gasteiger partial charge in [-0.25, -0.2) is 0 Å². The lowest BCUT2D eigenvalue weighted by Crippen LogP contribution is -2.09. The molecule has 0 unspecified atom stereocenters.